The predicted molar refractivity (Wildman–Crippen MR) is 84.6 cm³/mol. The van der Waals surface area contributed by atoms with Gasteiger partial charge in [-0.3, -0.25) is 0 Å². The highest BCUT2D eigenvalue weighted by Gasteiger charge is 2.22. The highest BCUT2D eigenvalue weighted by Crippen LogP contribution is 2.24. The molecule has 21 heavy (non-hydrogen) atoms. The zero-order valence-corrected chi connectivity index (χ0v) is 13.3. The minimum absolute atomic E-state index is 0.346. The molecule has 0 atom stereocenters. The number of nitrogens with zero attached hydrogens (tertiary/aromatic N) is 4. The summed E-state index contributed by atoms with van der Waals surface area (Å²) in [6.07, 6.45) is 1.83. The van der Waals surface area contributed by atoms with Gasteiger partial charge in [0.05, 0.1) is 6.61 Å². The smallest absolute Gasteiger partial charge is 0.357 e. The van der Waals surface area contributed by atoms with E-state index in [1.807, 2.05) is 11.6 Å². The Morgan fingerprint density at radius 1 is 1.24 bits per heavy atom. The van der Waals surface area contributed by atoms with Crippen molar-refractivity contribution in [2.75, 3.05) is 42.6 Å². The summed E-state index contributed by atoms with van der Waals surface area (Å²) in [5.41, 5.74) is 0.402. The van der Waals surface area contributed by atoms with E-state index in [0.717, 1.165) is 36.4 Å². The molecule has 3 heterocycles. The summed E-state index contributed by atoms with van der Waals surface area (Å²) >= 11 is 3.15. The molecule has 2 aromatic rings. The molecule has 1 aliphatic rings. The number of ether oxygens (including phenoxy) is 1. The first-order chi connectivity index (χ1) is 10.3. The standard InChI is InChI=1S/C13H16N4O2S2/c1-2-19-11(18)10-9-21-13(15-10)17-6-4-16(5-7-17)12-14-3-8-20-12/h3,8-9H,2,4-7H2,1H3. The van der Waals surface area contributed by atoms with E-state index in [1.54, 1.807) is 23.6 Å². The second kappa shape index (κ2) is 6.40. The van der Waals surface area contributed by atoms with Crippen LogP contribution >= 0.6 is 22.7 Å². The Bertz CT molecular complexity index is 591. The monoisotopic (exact) mass is 324 g/mol. The van der Waals surface area contributed by atoms with Crippen molar-refractivity contribution >= 4 is 38.9 Å². The number of thiazole rings is 2. The first-order valence-electron chi connectivity index (χ1n) is 6.80. The third-order valence-corrected chi connectivity index (χ3v) is 4.95. The van der Waals surface area contributed by atoms with Crippen molar-refractivity contribution in [3.63, 3.8) is 0 Å². The average molecular weight is 324 g/mol. The Hall–Kier alpha value is -1.67. The van der Waals surface area contributed by atoms with Gasteiger partial charge < -0.3 is 14.5 Å². The lowest BCUT2D eigenvalue weighted by atomic mass is 10.3. The minimum atomic E-state index is -0.346. The SMILES string of the molecule is CCOC(=O)c1csc(N2CCN(c3nccs3)CC2)n1. The molecule has 6 nitrogen and oxygen atoms in total. The number of carbonyl (C=O) groups is 1. The van der Waals surface area contributed by atoms with E-state index in [1.165, 1.54) is 11.3 Å². The number of anilines is 2. The summed E-state index contributed by atoms with van der Waals surface area (Å²) in [5, 5.41) is 5.71. The maximum atomic E-state index is 11.6. The molecule has 0 radical (unpaired) electrons. The van der Waals surface area contributed by atoms with Gasteiger partial charge in [-0.25, -0.2) is 14.8 Å². The quantitative estimate of drug-likeness (QED) is 0.803. The molecule has 0 unspecified atom stereocenters. The van der Waals surface area contributed by atoms with Crippen molar-refractivity contribution in [1.82, 2.24) is 9.97 Å². The van der Waals surface area contributed by atoms with Crippen LogP contribution in [0.2, 0.25) is 0 Å². The summed E-state index contributed by atoms with van der Waals surface area (Å²) in [6, 6.07) is 0. The Morgan fingerprint density at radius 2 is 1.95 bits per heavy atom. The van der Waals surface area contributed by atoms with Gasteiger partial charge in [0.1, 0.15) is 0 Å². The molecule has 8 heteroatoms. The molecule has 3 rings (SSSR count). The lowest BCUT2D eigenvalue weighted by molar-refractivity contribution is 0.0520. The van der Waals surface area contributed by atoms with Crippen LogP contribution in [-0.4, -0.2) is 48.7 Å². The second-order valence-corrected chi connectivity index (χ2v) is 6.23. The summed E-state index contributed by atoms with van der Waals surface area (Å²) in [6.45, 7) is 5.77. The van der Waals surface area contributed by atoms with Gasteiger partial charge in [-0.1, -0.05) is 0 Å². The van der Waals surface area contributed by atoms with Crippen LogP contribution in [-0.2, 0) is 4.74 Å². The van der Waals surface area contributed by atoms with E-state index < -0.39 is 0 Å². The van der Waals surface area contributed by atoms with Crippen LogP contribution in [0.1, 0.15) is 17.4 Å². The summed E-state index contributed by atoms with van der Waals surface area (Å²) in [5.74, 6) is -0.346. The fraction of sp³-hybridized carbons (Fsp3) is 0.462. The highest BCUT2D eigenvalue weighted by atomic mass is 32.1. The average Bonchev–Trinajstić information content (AvgIpc) is 3.19. The van der Waals surface area contributed by atoms with E-state index in [2.05, 4.69) is 19.8 Å². The van der Waals surface area contributed by atoms with Gasteiger partial charge in [-0.2, -0.15) is 0 Å². The molecule has 0 aliphatic carbocycles. The molecule has 1 saturated heterocycles. The Morgan fingerprint density at radius 3 is 2.57 bits per heavy atom. The van der Waals surface area contributed by atoms with Crippen molar-refractivity contribution in [2.45, 2.75) is 6.92 Å². The van der Waals surface area contributed by atoms with Gasteiger partial charge >= 0.3 is 5.97 Å². The molecule has 0 spiro atoms. The summed E-state index contributed by atoms with van der Waals surface area (Å²) < 4.78 is 4.97. The van der Waals surface area contributed by atoms with Gasteiger partial charge in [-0.05, 0) is 6.92 Å². The first kappa shape index (κ1) is 14.3. The highest BCUT2D eigenvalue weighted by molar-refractivity contribution is 7.14. The maximum Gasteiger partial charge on any atom is 0.357 e. The van der Waals surface area contributed by atoms with Crippen molar-refractivity contribution in [3.8, 4) is 0 Å². The summed E-state index contributed by atoms with van der Waals surface area (Å²) in [7, 11) is 0. The molecule has 0 aromatic carbocycles. The zero-order chi connectivity index (χ0) is 14.7. The van der Waals surface area contributed by atoms with Gasteiger partial charge in [-0.15, -0.1) is 22.7 Å². The molecule has 0 N–H and O–H groups in total. The van der Waals surface area contributed by atoms with Gasteiger partial charge in [0.2, 0.25) is 0 Å². The Labute approximate surface area is 131 Å². The molecule has 0 amide bonds. The van der Waals surface area contributed by atoms with Crippen molar-refractivity contribution in [2.24, 2.45) is 0 Å². The molecule has 112 valence electrons. The molecule has 0 bridgehead atoms. The molecule has 2 aromatic heterocycles. The lowest BCUT2D eigenvalue weighted by Crippen LogP contribution is -2.46. The van der Waals surface area contributed by atoms with Crippen LogP contribution in [0, 0.1) is 0 Å². The lowest BCUT2D eigenvalue weighted by Gasteiger charge is -2.34. The number of piperazine rings is 1. The molecular weight excluding hydrogens is 308 g/mol. The fourth-order valence-corrected chi connectivity index (χ4v) is 3.71. The Kier molecular flexibility index (Phi) is 4.35. The minimum Gasteiger partial charge on any atom is -0.461 e. The van der Waals surface area contributed by atoms with Gasteiger partial charge in [0, 0.05) is 43.1 Å². The number of hydrogen-bond acceptors (Lipinski definition) is 8. The van der Waals surface area contributed by atoms with Crippen LogP contribution < -0.4 is 9.80 Å². The number of hydrogen-bond donors (Lipinski definition) is 0. The maximum absolute atomic E-state index is 11.6. The van der Waals surface area contributed by atoms with Crippen LogP contribution in [0.3, 0.4) is 0 Å². The number of aromatic nitrogens is 2. The van der Waals surface area contributed by atoms with Crippen LogP contribution in [0.4, 0.5) is 10.3 Å². The summed E-state index contributed by atoms with van der Waals surface area (Å²) in [4.78, 5) is 24.8. The van der Waals surface area contributed by atoms with Crippen LogP contribution in [0.15, 0.2) is 17.0 Å². The fourth-order valence-electron chi connectivity index (χ4n) is 2.17. The second-order valence-electron chi connectivity index (χ2n) is 4.52. The van der Waals surface area contributed by atoms with Crippen LogP contribution in [0.5, 0.6) is 0 Å². The topological polar surface area (TPSA) is 58.6 Å². The van der Waals surface area contributed by atoms with Crippen molar-refractivity contribution in [3.05, 3.63) is 22.7 Å². The number of rotatable bonds is 4. The van der Waals surface area contributed by atoms with E-state index >= 15 is 0 Å². The third-order valence-electron chi connectivity index (χ3n) is 3.22. The molecule has 0 saturated carbocycles. The predicted octanol–water partition coefficient (Wildman–Crippen LogP) is 2.10. The molecule has 1 fully saturated rings. The number of esters is 1. The molecular formula is C13H16N4O2S2. The van der Waals surface area contributed by atoms with E-state index in [9.17, 15) is 4.79 Å². The largest absolute Gasteiger partial charge is 0.461 e. The van der Waals surface area contributed by atoms with E-state index in [0.29, 0.717) is 12.3 Å². The normalized spacial score (nSPS) is 15.3. The van der Waals surface area contributed by atoms with E-state index in [-0.39, 0.29) is 5.97 Å². The first-order valence-corrected chi connectivity index (χ1v) is 8.56. The van der Waals surface area contributed by atoms with Crippen LogP contribution in [0.25, 0.3) is 0 Å². The van der Waals surface area contributed by atoms with Gasteiger partial charge in [0.25, 0.3) is 0 Å². The van der Waals surface area contributed by atoms with Crippen molar-refractivity contribution in [1.29, 1.82) is 0 Å². The number of carbonyl (C=O) groups excluding carboxylic acids is 1. The zero-order valence-electron chi connectivity index (χ0n) is 11.7. The molecule has 1 aliphatic heterocycles. The van der Waals surface area contributed by atoms with Crippen molar-refractivity contribution < 1.29 is 9.53 Å². The van der Waals surface area contributed by atoms with Gasteiger partial charge in [0.15, 0.2) is 16.0 Å². The van der Waals surface area contributed by atoms with E-state index in [4.69, 9.17) is 4.74 Å². The Balaban J connectivity index is 1.61. The third kappa shape index (κ3) is 3.16.